The largest absolute Gasteiger partial charge is 0.494 e. The second-order valence-corrected chi connectivity index (χ2v) is 9.58. The van der Waals surface area contributed by atoms with Crippen LogP contribution in [0.25, 0.3) is 0 Å². The van der Waals surface area contributed by atoms with E-state index in [2.05, 4.69) is 41.9 Å². The Morgan fingerprint density at radius 3 is 2.50 bits per heavy atom. The Bertz CT molecular complexity index is 894. The fraction of sp³-hybridized carbons (Fsp3) is 0.577. The predicted molar refractivity (Wildman–Crippen MR) is 119 cm³/mol. The predicted octanol–water partition coefficient (Wildman–Crippen LogP) is 4.40. The Morgan fingerprint density at radius 1 is 1.10 bits per heavy atom. The van der Waals surface area contributed by atoms with Gasteiger partial charge in [-0.3, -0.25) is 9.88 Å². The lowest BCUT2D eigenvalue weighted by Gasteiger charge is -2.52. The van der Waals surface area contributed by atoms with Crippen LogP contribution in [0.2, 0.25) is 0 Å². The van der Waals surface area contributed by atoms with Crippen LogP contribution in [0.4, 0.5) is 0 Å². The fourth-order valence-electron chi connectivity index (χ4n) is 6.10. The number of fused-ring (bicyclic) bond motifs is 3. The van der Waals surface area contributed by atoms with Gasteiger partial charge in [0, 0.05) is 43.2 Å². The van der Waals surface area contributed by atoms with Gasteiger partial charge in [0.15, 0.2) is 0 Å². The van der Waals surface area contributed by atoms with Gasteiger partial charge in [0.25, 0.3) is 0 Å². The molecular formula is C26H34N2O2. The molecule has 4 nitrogen and oxygen atoms in total. The molecule has 1 N–H and O–H groups in total. The minimum absolute atomic E-state index is 0.241. The summed E-state index contributed by atoms with van der Waals surface area (Å²) in [6.45, 7) is 7.58. The fourth-order valence-corrected chi connectivity index (χ4v) is 6.10. The van der Waals surface area contributed by atoms with Gasteiger partial charge in [0.05, 0.1) is 12.3 Å². The average Bonchev–Trinajstić information content (AvgIpc) is 3.17. The summed E-state index contributed by atoms with van der Waals surface area (Å²) >= 11 is 0. The number of aryl methyl sites for hydroxylation is 3. The van der Waals surface area contributed by atoms with Crippen molar-refractivity contribution in [3.63, 3.8) is 0 Å². The minimum atomic E-state index is -0.789. The molecule has 1 saturated heterocycles. The first-order valence-corrected chi connectivity index (χ1v) is 11.7. The third kappa shape index (κ3) is 3.44. The summed E-state index contributed by atoms with van der Waals surface area (Å²) in [6.07, 6.45) is 8.88. The highest BCUT2D eigenvalue weighted by Crippen LogP contribution is 2.49. The number of nitrogens with zero attached hydrogens (tertiary/aromatic N) is 2. The van der Waals surface area contributed by atoms with Crippen LogP contribution >= 0.6 is 0 Å². The SMILES string of the molecule is CCOc1cc2c(cc1CN1C[C@H]3CCC[C@H](C1)C3(O)c1ccc(C)cn1)CCC2. The zero-order valence-electron chi connectivity index (χ0n) is 18.4. The molecule has 2 atom stereocenters. The molecule has 0 radical (unpaired) electrons. The van der Waals surface area contributed by atoms with Gasteiger partial charge in [-0.15, -0.1) is 0 Å². The van der Waals surface area contributed by atoms with Crippen LogP contribution in [-0.2, 0) is 25.0 Å². The van der Waals surface area contributed by atoms with Gasteiger partial charge in [0.2, 0.25) is 0 Å². The van der Waals surface area contributed by atoms with Crippen molar-refractivity contribution >= 4 is 0 Å². The molecule has 1 aromatic heterocycles. The standard InChI is InChI=1S/C26H34N2O2/c1-3-30-24-13-20-7-4-6-19(20)12-21(24)15-28-16-22-8-5-9-23(17-28)26(22,29)25-11-10-18(2)14-27-25/h10-14,22-23,29H,3-9,15-17H2,1-2H3/t22-,23-/m1/s1. The van der Waals surface area contributed by atoms with Crippen molar-refractivity contribution < 1.29 is 9.84 Å². The number of rotatable bonds is 5. The summed E-state index contributed by atoms with van der Waals surface area (Å²) in [7, 11) is 0. The molecule has 2 heterocycles. The number of aliphatic hydroxyl groups is 1. The lowest BCUT2D eigenvalue weighted by molar-refractivity contribution is -0.151. The van der Waals surface area contributed by atoms with E-state index in [-0.39, 0.29) is 11.8 Å². The lowest BCUT2D eigenvalue weighted by Crippen LogP contribution is -2.58. The Kier molecular flexibility index (Phi) is 5.32. The maximum absolute atomic E-state index is 11.8. The van der Waals surface area contributed by atoms with E-state index in [1.165, 1.54) is 42.4 Å². The van der Waals surface area contributed by atoms with Crippen molar-refractivity contribution in [3.05, 3.63) is 58.4 Å². The van der Waals surface area contributed by atoms with Crippen molar-refractivity contribution in [3.8, 4) is 5.75 Å². The van der Waals surface area contributed by atoms with Crippen LogP contribution in [0.5, 0.6) is 5.75 Å². The molecule has 2 fully saturated rings. The normalized spacial score (nSPS) is 28.4. The van der Waals surface area contributed by atoms with Crippen LogP contribution in [-0.4, -0.2) is 34.7 Å². The van der Waals surface area contributed by atoms with Crippen molar-refractivity contribution in [2.75, 3.05) is 19.7 Å². The molecule has 1 aromatic carbocycles. The molecule has 3 aliphatic rings. The molecule has 5 rings (SSSR count). The van der Waals surface area contributed by atoms with Gasteiger partial charge in [-0.1, -0.05) is 18.6 Å². The Hall–Kier alpha value is -1.91. The second-order valence-electron chi connectivity index (χ2n) is 9.58. The minimum Gasteiger partial charge on any atom is -0.494 e. The number of pyridine rings is 1. The quantitative estimate of drug-likeness (QED) is 0.800. The molecule has 1 saturated carbocycles. The highest BCUT2D eigenvalue weighted by atomic mass is 16.5. The van der Waals surface area contributed by atoms with Crippen molar-refractivity contribution in [1.82, 2.24) is 9.88 Å². The number of likely N-dealkylation sites (tertiary alicyclic amines) is 1. The molecule has 0 unspecified atom stereocenters. The number of aromatic nitrogens is 1. The van der Waals surface area contributed by atoms with E-state index < -0.39 is 5.60 Å². The zero-order valence-corrected chi connectivity index (χ0v) is 18.4. The van der Waals surface area contributed by atoms with E-state index in [4.69, 9.17) is 4.74 Å². The number of hydrogen-bond acceptors (Lipinski definition) is 4. The van der Waals surface area contributed by atoms with Gasteiger partial charge in [-0.2, -0.15) is 0 Å². The first-order valence-electron chi connectivity index (χ1n) is 11.7. The smallest absolute Gasteiger partial charge is 0.124 e. The molecule has 2 aromatic rings. The van der Waals surface area contributed by atoms with Crippen LogP contribution in [0.1, 0.15) is 60.6 Å². The topological polar surface area (TPSA) is 45.6 Å². The summed E-state index contributed by atoms with van der Waals surface area (Å²) in [5, 5.41) is 11.8. The van der Waals surface area contributed by atoms with Gasteiger partial charge in [-0.05, 0) is 74.8 Å². The van der Waals surface area contributed by atoms with Crippen LogP contribution in [0.15, 0.2) is 30.5 Å². The molecule has 160 valence electrons. The summed E-state index contributed by atoms with van der Waals surface area (Å²) < 4.78 is 6.03. The van der Waals surface area contributed by atoms with Crippen molar-refractivity contribution in [2.45, 2.75) is 64.5 Å². The third-order valence-corrected chi connectivity index (χ3v) is 7.60. The Morgan fingerprint density at radius 2 is 1.83 bits per heavy atom. The Balaban J connectivity index is 1.40. The van der Waals surface area contributed by atoms with Crippen LogP contribution in [0.3, 0.4) is 0 Å². The maximum atomic E-state index is 11.8. The van der Waals surface area contributed by atoms with Crippen molar-refractivity contribution in [1.29, 1.82) is 0 Å². The van der Waals surface area contributed by atoms with Crippen LogP contribution < -0.4 is 4.74 Å². The number of piperidine rings is 1. The van der Waals surface area contributed by atoms with Crippen molar-refractivity contribution in [2.24, 2.45) is 11.8 Å². The van der Waals surface area contributed by atoms with E-state index in [0.717, 1.165) is 49.5 Å². The first kappa shape index (κ1) is 20.0. The summed E-state index contributed by atoms with van der Waals surface area (Å²) in [5.74, 6) is 1.54. The van der Waals surface area contributed by atoms with E-state index in [1.54, 1.807) is 0 Å². The molecule has 2 aliphatic carbocycles. The maximum Gasteiger partial charge on any atom is 0.124 e. The molecule has 4 heteroatoms. The van der Waals surface area contributed by atoms with Gasteiger partial charge >= 0.3 is 0 Å². The molecule has 0 spiro atoms. The first-order chi connectivity index (χ1) is 14.6. The molecule has 30 heavy (non-hydrogen) atoms. The molecule has 1 aliphatic heterocycles. The van der Waals surface area contributed by atoms with Crippen LogP contribution in [0, 0.1) is 18.8 Å². The number of benzene rings is 1. The van der Waals surface area contributed by atoms with E-state index in [0.29, 0.717) is 6.61 Å². The zero-order chi connectivity index (χ0) is 20.7. The van der Waals surface area contributed by atoms with E-state index in [1.807, 2.05) is 12.3 Å². The van der Waals surface area contributed by atoms with Gasteiger partial charge in [-0.25, -0.2) is 0 Å². The van der Waals surface area contributed by atoms with Gasteiger partial charge < -0.3 is 9.84 Å². The number of hydrogen-bond donors (Lipinski definition) is 1. The third-order valence-electron chi connectivity index (χ3n) is 7.60. The van der Waals surface area contributed by atoms with E-state index >= 15 is 0 Å². The summed E-state index contributed by atoms with van der Waals surface area (Å²) in [4.78, 5) is 7.21. The highest BCUT2D eigenvalue weighted by molar-refractivity contribution is 5.45. The summed E-state index contributed by atoms with van der Waals surface area (Å²) in [5.41, 5.74) is 5.52. The second kappa shape index (κ2) is 7.97. The molecule has 2 bridgehead atoms. The monoisotopic (exact) mass is 406 g/mol. The highest BCUT2D eigenvalue weighted by Gasteiger charge is 2.52. The summed E-state index contributed by atoms with van der Waals surface area (Å²) in [6, 6.07) is 8.81. The molecule has 0 amide bonds. The molecular weight excluding hydrogens is 372 g/mol. The number of ether oxygens (including phenoxy) is 1. The Labute approximate surface area is 180 Å². The lowest BCUT2D eigenvalue weighted by atomic mass is 9.64. The van der Waals surface area contributed by atoms with Gasteiger partial charge in [0.1, 0.15) is 11.4 Å². The van der Waals surface area contributed by atoms with E-state index in [9.17, 15) is 5.11 Å². The average molecular weight is 407 g/mol.